The zero-order valence-corrected chi connectivity index (χ0v) is 18.3. The van der Waals surface area contributed by atoms with Gasteiger partial charge in [0.15, 0.2) is 0 Å². The topological polar surface area (TPSA) is 89.6 Å². The molecule has 1 aliphatic rings. The summed E-state index contributed by atoms with van der Waals surface area (Å²) in [6.45, 7) is 3.87. The molecule has 1 atom stereocenters. The second-order valence-electron chi connectivity index (χ2n) is 8.18. The van der Waals surface area contributed by atoms with Crippen molar-refractivity contribution in [3.8, 4) is 0 Å². The molecule has 1 saturated heterocycles. The van der Waals surface area contributed by atoms with Crippen molar-refractivity contribution < 1.29 is 14.3 Å². The summed E-state index contributed by atoms with van der Waals surface area (Å²) in [7, 11) is 0. The molecule has 1 unspecified atom stereocenters. The van der Waals surface area contributed by atoms with Gasteiger partial charge in [0.25, 0.3) is 0 Å². The number of benzene rings is 2. The van der Waals surface area contributed by atoms with E-state index in [1.54, 1.807) is 31.2 Å². The highest BCUT2D eigenvalue weighted by Crippen LogP contribution is 2.31. The molecule has 1 fully saturated rings. The first-order valence-electron chi connectivity index (χ1n) is 10.1. The van der Waals surface area contributed by atoms with E-state index in [1.165, 1.54) is 11.9 Å². The van der Waals surface area contributed by atoms with E-state index in [4.69, 9.17) is 9.83 Å². The maximum Gasteiger partial charge on any atom is 0.233 e. The van der Waals surface area contributed by atoms with Crippen molar-refractivity contribution >= 4 is 34.5 Å². The fourth-order valence-electron chi connectivity index (χ4n) is 3.80. The van der Waals surface area contributed by atoms with Gasteiger partial charge < -0.3 is 24.6 Å². The summed E-state index contributed by atoms with van der Waals surface area (Å²) in [5, 5.41) is 20.0. The van der Waals surface area contributed by atoms with Gasteiger partial charge >= 0.3 is 0 Å². The zero-order chi connectivity index (χ0) is 22.0. The molecule has 3 N–H and O–H groups in total. The Kier molecular flexibility index (Phi) is 5.89. The van der Waals surface area contributed by atoms with Crippen LogP contribution in [0.5, 0.6) is 0 Å². The van der Waals surface area contributed by atoms with Gasteiger partial charge in [0.2, 0.25) is 5.91 Å². The van der Waals surface area contributed by atoms with Crippen molar-refractivity contribution in [1.29, 1.82) is 5.41 Å². The highest BCUT2D eigenvalue weighted by Gasteiger charge is 2.39. The Hall–Kier alpha value is -3.03. The number of rotatable bonds is 6. The van der Waals surface area contributed by atoms with Crippen LogP contribution in [-0.4, -0.2) is 40.3 Å². The van der Waals surface area contributed by atoms with Gasteiger partial charge in [0, 0.05) is 28.6 Å². The summed E-state index contributed by atoms with van der Waals surface area (Å²) in [6, 6.07) is 17.1. The Bertz CT molecular complexity index is 1130. The number of fused-ring (bicyclic) bond motifs is 1. The molecule has 3 aromatic rings. The third-order valence-corrected chi connectivity index (χ3v) is 6.05. The van der Waals surface area contributed by atoms with Crippen molar-refractivity contribution in [3.05, 3.63) is 78.2 Å². The minimum atomic E-state index is -1.22. The fourth-order valence-corrected chi connectivity index (χ4v) is 4.45. The highest BCUT2D eigenvalue weighted by atomic mass is 32.2. The smallest absolute Gasteiger partial charge is 0.233 e. The van der Waals surface area contributed by atoms with Crippen LogP contribution >= 0.6 is 11.9 Å². The number of hydrogen-bond acceptors (Lipinski definition) is 6. The molecule has 2 heterocycles. The second-order valence-corrected chi connectivity index (χ2v) is 9.09. The Morgan fingerprint density at radius 2 is 2.00 bits per heavy atom. The minimum Gasteiger partial charge on any atom is -0.464 e. The van der Waals surface area contributed by atoms with Crippen molar-refractivity contribution in [2.24, 2.45) is 0 Å². The number of carbonyl (C=O) groups is 1. The summed E-state index contributed by atoms with van der Waals surface area (Å²) < 4.78 is 8.53. The van der Waals surface area contributed by atoms with Crippen molar-refractivity contribution in [2.45, 2.75) is 30.3 Å². The maximum atomic E-state index is 13.3. The Morgan fingerprint density at radius 1 is 1.23 bits per heavy atom. The Balaban J connectivity index is 1.44. The third-order valence-electron chi connectivity index (χ3n) is 5.33. The predicted molar refractivity (Wildman–Crippen MR) is 123 cm³/mol. The lowest BCUT2D eigenvalue weighted by Crippen LogP contribution is -2.43. The summed E-state index contributed by atoms with van der Waals surface area (Å²) in [5.41, 5.74) is 1.55. The van der Waals surface area contributed by atoms with Crippen LogP contribution in [0.15, 0.2) is 81.9 Å². The van der Waals surface area contributed by atoms with E-state index in [0.717, 1.165) is 27.0 Å². The first-order valence-corrected chi connectivity index (χ1v) is 10.9. The summed E-state index contributed by atoms with van der Waals surface area (Å²) in [6.07, 6.45) is 3.44. The second kappa shape index (κ2) is 8.61. The Morgan fingerprint density at radius 3 is 2.74 bits per heavy atom. The summed E-state index contributed by atoms with van der Waals surface area (Å²) in [4.78, 5) is 15.9. The molecule has 0 saturated carbocycles. The number of aliphatic hydroxyl groups is 1. The number of nitrogens with one attached hydrogen (secondary N) is 2. The van der Waals surface area contributed by atoms with Crippen molar-refractivity contribution in [2.75, 3.05) is 13.1 Å². The molecule has 0 aliphatic carbocycles. The molecule has 160 valence electrons. The van der Waals surface area contributed by atoms with Crippen LogP contribution in [0.2, 0.25) is 0 Å². The molecule has 0 spiro atoms. The zero-order valence-electron chi connectivity index (χ0n) is 17.5. The van der Waals surface area contributed by atoms with E-state index in [2.05, 4.69) is 4.72 Å². The third kappa shape index (κ3) is 4.68. The number of likely N-dealkylation sites (tertiary alicyclic amines) is 1. The number of carbonyl (C=O) groups excluding carboxylic acids is 1. The standard InChI is InChI=1S/C24H25N3O3S/c1-24(2,29)22(16-6-4-3-5-7-16)23(28)27-14-18(20(25)15-27)13-26-31-19-8-9-21-17(12-19)10-11-30-21/h3-13,22,25-26,29H,14-15H2,1-2H3/b18-13-,25-20?. The molecule has 1 aromatic heterocycles. The quantitative estimate of drug-likeness (QED) is 0.502. The number of nitrogens with zero attached hydrogens (tertiary/aromatic N) is 1. The molecule has 6 nitrogen and oxygen atoms in total. The van der Waals surface area contributed by atoms with Gasteiger partial charge in [-0.15, -0.1) is 0 Å². The van der Waals surface area contributed by atoms with Gasteiger partial charge in [-0.05, 0) is 55.6 Å². The van der Waals surface area contributed by atoms with Crippen LogP contribution in [-0.2, 0) is 4.79 Å². The van der Waals surface area contributed by atoms with Crippen LogP contribution in [0.3, 0.4) is 0 Å². The van der Waals surface area contributed by atoms with Crippen LogP contribution in [0.1, 0.15) is 25.3 Å². The molecule has 2 aromatic carbocycles. The average molecular weight is 436 g/mol. The van der Waals surface area contributed by atoms with E-state index in [0.29, 0.717) is 12.3 Å². The van der Waals surface area contributed by atoms with Gasteiger partial charge in [-0.25, -0.2) is 0 Å². The lowest BCUT2D eigenvalue weighted by Gasteiger charge is -2.31. The molecular weight excluding hydrogens is 410 g/mol. The molecule has 7 heteroatoms. The van der Waals surface area contributed by atoms with E-state index in [-0.39, 0.29) is 12.5 Å². The maximum absolute atomic E-state index is 13.3. The lowest BCUT2D eigenvalue weighted by atomic mass is 9.83. The number of furan rings is 1. The Labute approximate surface area is 185 Å². The van der Waals surface area contributed by atoms with Crippen LogP contribution in [0, 0.1) is 5.41 Å². The molecule has 1 aliphatic heterocycles. The molecule has 1 amide bonds. The average Bonchev–Trinajstić information content (AvgIpc) is 3.34. The molecule has 0 bridgehead atoms. The molecule has 0 radical (unpaired) electrons. The van der Waals surface area contributed by atoms with Gasteiger partial charge in [0.05, 0.1) is 30.0 Å². The van der Waals surface area contributed by atoms with E-state index < -0.39 is 11.5 Å². The predicted octanol–water partition coefficient (Wildman–Crippen LogP) is 4.33. The summed E-state index contributed by atoms with van der Waals surface area (Å²) >= 11 is 1.44. The summed E-state index contributed by atoms with van der Waals surface area (Å²) in [5.74, 6) is -0.866. The van der Waals surface area contributed by atoms with Gasteiger partial charge in [-0.2, -0.15) is 0 Å². The van der Waals surface area contributed by atoms with E-state index >= 15 is 0 Å². The normalized spacial score (nSPS) is 16.8. The van der Waals surface area contributed by atoms with Gasteiger partial charge in [-0.1, -0.05) is 30.3 Å². The molecular formula is C24H25N3O3S. The number of hydrogen-bond donors (Lipinski definition) is 3. The minimum absolute atomic E-state index is 0.176. The van der Waals surface area contributed by atoms with Crippen molar-refractivity contribution in [3.63, 3.8) is 0 Å². The van der Waals surface area contributed by atoms with Crippen molar-refractivity contribution in [1.82, 2.24) is 9.62 Å². The monoisotopic (exact) mass is 435 g/mol. The number of amides is 1. The first-order chi connectivity index (χ1) is 14.8. The van der Waals surface area contributed by atoms with Gasteiger partial charge in [-0.3, -0.25) is 4.79 Å². The van der Waals surface area contributed by atoms with Gasteiger partial charge in [0.1, 0.15) is 5.58 Å². The van der Waals surface area contributed by atoms with E-state index in [1.807, 2.05) is 54.6 Å². The first kappa shape index (κ1) is 21.2. The molecule has 4 rings (SSSR count). The van der Waals surface area contributed by atoms with Crippen LogP contribution in [0.4, 0.5) is 0 Å². The largest absolute Gasteiger partial charge is 0.464 e. The molecule has 31 heavy (non-hydrogen) atoms. The van der Waals surface area contributed by atoms with Crippen LogP contribution < -0.4 is 4.72 Å². The fraction of sp³-hybridized carbons (Fsp3) is 0.250. The highest BCUT2D eigenvalue weighted by molar-refractivity contribution is 7.97. The SMILES string of the molecule is CC(C)(O)C(C(=O)N1CC(=N)/C(=C\NSc2ccc3occc3c2)C1)c1ccccc1. The lowest BCUT2D eigenvalue weighted by molar-refractivity contribution is -0.136. The van der Waals surface area contributed by atoms with E-state index in [9.17, 15) is 9.90 Å². The van der Waals surface area contributed by atoms with Crippen LogP contribution in [0.25, 0.3) is 11.0 Å².